The Hall–Kier alpha value is -2.64. The molecule has 2 N–H and O–H groups in total. The molecule has 0 fully saturated rings. The monoisotopic (exact) mass is 358 g/mol. The lowest BCUT2D eigenvalue weighted by Crippen LogP contribution is -2.36. The van der Waals surface area contributed by atoms with E-state index in [1.165, 1.54) is 18.2 Å². The Balaban J connectivity index is 1.88. The Bertz CT molecular complexity index is 744. The standard InChI is InChI=1S/C17H15F5N2O/c1-10(12-4-7-14(18)15(19)8-12)24-16(25)23-9-11-2-5-13(6-3-11)17(20,21)22/h2-8,10H,9H2,1H3,(H2,23,24,25). The molecular formula is C17H15F5N2O. The van der Waals surface area contributed by atoms with Crippen LogP contribution < -0.4 is 10.6 Å². The maximum absolute atomic E-state index is 13.2. The van der Waals surface area contributed by atoms with Crippen molar-refractivity contribution in [3.05, 3.63) is 70.8 Å². The highest BCUT2D eigenvalue weighted by Crippen LogP contribution is 2.29. The van der Waals surface area contributed by atoms with Crippen LogP contribution >= 0.6 is 0 Å². The molecular weight excluding hydrogens is 343 g/mol. The molecule has 0 radical (unpaired) electrons. The van der Waals surface area contributed by atoms with Crippen LogP contribution in [0.3, 0.4) is 0 Å². The predicted molar refractivity (Wildman–Crippen MR) is 81.6 cm³/mol. The fraction of sp³-hybridized carbons (Fsp3) is 0.235. The lowest BCUT2D eigenvalue weighted by atomic mass is 10.1. The number of alkyl halides is 3. The summed E-state index contributed by atoms with van der Waals surface area (Å²) in [5.74, 6) is -2.00. The zero-order chi connectivity index (χ0) is 18.6. The van der Waals surface area contributed by atoms with Gasteiger partial charge in [-0.15, -0.1) is 0 Å². The number of hydrogen-bond donors (Lipinski definition) is 2. The van der Waals surface area contributed by atoms with Crippen LogP contribution in [0.4, 0.5) is 26.7 Å². The Labute approximate surface area is 140 Å². The third-order valence-electron chi connectivity index (χ3n) is 3.53. The fourth-order valence-corrected chi connectivity index (χ4v) is 2.11. The van der Waals surface area contributed by atoms with Gasteiger partial charge in [-0.25, -0.2) is 13.6 Å². The smallest absolute Gasteiger partial charge is 0.334 e. The van der Waals surface area contributed by atoms with Gasteiger partial charge in [0.15, 0.2) is 11.6 Å². The summed E-state index contributed by atoms with van der Waals surface area (Å²) < 4.78 is 63.5. The highest BCUT2D eigenvalue weighted by Gasteiger charge is 2.29. The first-order valence-corrected chi connectivity index (χ1v) is 7.32. The van der Waals surface area contributed by atoms with Crippen molar-refractivity contribution in [3.63, 3.8) is 0 Å². The number of benzene rings is 2. The predicted octanol–water partition coefficient (Wildman–Crippen LogP) is 4.54. The molecule has 25 heavy (non-hydrogen) atoms. The van der Waals surface area contributed by atoms with Crippen molar-refractivity contribution in [3.8, 4) is 0 Å². The van der Waals surface area contributed by atoms with Crippen molar-refractivity contribution in [2.75, 3.05) is 0 Å². The molecule has 2 aromatic carbocycles. The minimum atomic E-state index is -4.41. The van der Waals surface area contributed by atoms with Crippen molar-refractivity contribution in [2.45, 2.75) is 25.7 Å². The normalized spacial score (nSPS) is 12.6. The van der Waals surface area contributed by atoms with Crippen molar-refractivity contribution in [2.24, 2.45) is 0 Å². The molecule has 1 unspecified atom stereocenters. The highest BCUT2D eigenvalue weighted by atomic mass is 19.4. The van der Waals surface area contributed by atoms with E-state index in [-0.39, 0.29) is 6.54 Å². The van der Waals surface area contributed by atoms with E-state index in [9.17, 15) is 26.7 Å². The molecule has 0 heterocycles. The lowest BCUT2D eigenvalue weighted by Gasteiger charge is -2.15. The van der Waals surface area contributed by atoms with Crippen LogP contribution in [-0.2, 0) is 12.7 Å². The molecule has 0 saturated carbocycles. The van der Waals surface area contributed by atoms with Gasteiger partial charge in [0, 0.05) is 6.54 Å². The minimum Gasteiger partial charge on any atom is -0.334 e. The van der Waals surface area contributed by atoms with Gasteiger partial charge in [0.05, 0.1) is 11.6 Å². The number of carbonyl (C=O) groups is 1. The van der Waals surface area contributed by atoms with Crippen molar-refractivity contribution < 1.29 is 26.7 Å². The molecule has 0 bridgehead atoms. The van der Waals surface area contributed by atoms with E-state index >= 15 is 0 Å². The van der Waals surface area contributed by atoms with Crippen LogP contribution in [0, 0.1) is 11.6 Å². The Kier molecular flexibility index (Phi) is 5.61. The largest absolute Gasteiger partial charge is 0.416 e. The first-order chi connectivity index (χ1) is 11.7. The summed E-state index contributed by atoms with van der Waals surface area (Å²) in [5, 5.41) is 5.01. The second-order valence-electron chi connectivity index (χ2n) is 5.42. The number of urea groups is 1. The van der Waals surface area contributed by atoms with Gasteiger partial charge >= 0.3 is 12.2 Å². The lowest BCUT2D eigenvalue weighted by molar-refractivity contribution is -0.137. The zero-order valence-corrected chi connectivity index (χ0v) is 13.1. The summed E-state index contributed by atoms with van der Waals surface area (Å²) in [6, 6.07) is 6.51. The maximum Gasteiger partial charge on any atom is 0.416 e. The molecule has 0 aliphatic heterocycles. The van der Waals surface area contributed by atoms with Crippen molar-refractivity contribution >= 4 is 6.03 Å². The van der Waals surface area contributed by atoms with E-state index in [2.05, 4.69) is 10.6 Å². The molecule has 3 nitrogen and oxygen atoms in total. The summed E-state index contributed by atoms with van der Waals surface area (Å²) in [5.41, 5.74) is 0.0971. The fourth-order valence-electron chi connectivity index (χ4n) is 2.11. The van der Waals surface area contributed by atoms with Crippen LogP contribution in [0.25, 0.3) is 0 Å². The first kappa shape index (κ1) is 18.7. The van der Waals surface area contributed by atoms with Gasteiger partial charge in [0.25, 0.3) is 0 Å². The quantitative estimate of drug-likeness (QED) is 0.774. The molecule has 1 atom stereocenters. The minimum absolute atomic E-state index is 0.0223. The third kappa shape index (κ3) is 5.17. The van der Waals surface area contributed by atoms with Gasteiger partial charge in [-0.1, -0.05) is 18.2 Å². The van der Waals surface area contributed by atoms with Crippen LogP contribution in [0.1, 0.15) is 29.7 Å². The number of halogens is 5. The number of nitrogens with one attached hydrogen (secondary N) is 2. The van der Waals surface area contributed by atoms with Crippen LogP contribution in [0.2, 0.25) is 0 Å². The highest BCUT2D eigenvalue weighted by molar-refractivity contribution is 5.74. The number of rotatable bonds is 4. The summed E-state index contributed by atoms with van der Waals surface area (Å²) in [7, 11) is 0. The van der Waals surface area contributed by atoms with Crippen LogP contribution in [0.5, 0.6) is 0 Å². The summed E-state index contributed by atoms with van der Waals surface area (Å²) in [6.07, 6.45) is -4.41. The second-order valence-corrected chi connectivity index (χ2v) is 5.42. The summed E-state index contributed by atoms with van der Waals surface area (Å²) in [4.78, 5) is 11.8. The Morgan fingerprint density at radius 3 is 2.24 bits per heavy atom. The van der Waals surface area contributed by atoms with Gasteiger partial charge in [-0.2, -0.15) is 13.2 Å². The van der Waals surface area contributed by atoms with Crippen LogP contribution in [-0.4, -0.2) is 6.03 Å². The molecule has 134 valence electrons. The summed E-state index contributed by atoms with van der Waals surface area (Å²) in [6.45, 7) is 1.61. The van der Waals surface area contributed by atoms with E-state index < -0.39 is 35.4 Å². The zero-order valence-electron chi connectivity index (χ0n) is 13.1. The Morgan fingerprint density at radius 2 is 1.68 bits per heavy atom. The van der Waals surface area contributed by atoms with Gasteiger partial charge < -0.3 is 10.6 Å². The average molecular weight is 358 g/mol. The topological polar surface area (TPSA) is 41.1 Å². The maximum atomic E-state index is 13.2. The molecule has 0 aliphatic carbocycles. The van der Waals surface area contributed by atoms with Gasteiger partial charge in [0.2, 0.25) is 0 Å². The molecule has 2 rings (SSSR count). The van der Waals surface area contributed by atoms with E-state index in [0.717, 1.165) is 24.3 Å². The van der Waals surface area contributed by atoms with Crippen molar-refractivity contribution in [1.82, 2.24) is 10.6 Å². The average Bonchev–Trinajstić information content (AvgIpc) is 2.55. The molecule has 2 aromatic rings. The molecule has 0 aromatic heterocycles. The molecule has 0 saturated heterocycles. The van der Waals surface area contributed by atoms with E-state index in [4.69, 9.17) is 0 Å². The van der Waals surface area contributed by atoms with E-state index in [1.807, 2.05) is 0 Å². The molecule has 0 aliphatic rings. The number of hydrogen-bond acceptors (Lipinski definition) is 1. The van der Waals surface area contributed by atoms with Crippen LogP contribution in [0.15, 0.2) is 42.5 Å². The molecule has 2 amide bonds. The number of carbonyl (C=O) groups excluding carboxylic acids is 1. The molecule has 0 spiro atoms. The van der Waals surface area contributed by atoms with E-state index in [0.29, 0.717) is 11.1 Å². The third-order valence-corrected chi connectivity index (χ3v) is 3.53. The molecule has 8 heteroatoms. The Morgan fingerprint density at radius 1 is 1.04 bits per heavy atom. The number of amides is 2. The second kappa shape index (κ2) is 7.50. The van der Waals surface area contributed by atoms with E-state index in [1.54, 1.807) is 6.92 Å². The first-order valence-electron chi connectivity index (χ1n) is 7.32. The summed E-state index contributed by atoms with van der Waals surface area (Å²) >= 11 is 0. The SMILES string of the molecule is CC(NC(=O)NCc1ccc(C(F)(F)F)cc1)c1ccc(F)c(F)c1. The van der Waals surface area contributed by atoms with Gasteiger partial charge in [0.1, 0.15) is 0 Å². The van der Waals surface area contributed by atoms with Crippen molar-refractivity contribution in [1.29, 1.82) is 0 Å². The van der Waals surface area contributed by atoms with Gasteiger partial charge in [-0.3, -0.25) is 0 Å². The van der Waals surface area contributed by atoms with Gasteiger partial charge in [-0.05, 0) is 42.3 Å².